The highest BCUT2D eigenvalue weighted by Crippen LogP contribution is 2.21. The molecule has 2 rings (SSSR count). The minimum Gasteiger partial charge on any atom is -0.452 e. The number of nitro benzene ring substituents is 1. The zero-order valence-corrected chi connectivity index (χ0v) is 12.6. The van der Waals surface area contributed by atoms with E-state index in [-0.39, 0.29) is 16.4 Å². The molecule has 1 amide bonds. The lowest BCUT2D eigenvalue weighted by Gasteiger charge is -2.07. The Balaban J connectivity index is 1.95. The van der Waals surface area contributed by atoms with Crippen molar-refractivity contribution in [1.82, 2.24) is 4.98 Å². The lowest BCUT2D eigenvalue weighted by atomic mass is 10.2. The van der Waals surface area contributed by atoms with Gasteiger partial charge in [-0.2, -0.15) is 4.39 Å². The number of carbonyl (C=O) groups excluding carboxylic acids is 2. The molecule has 1 aromatic carbocycles. The van der Waals surface area contributed by atoms with E-state index in [2.05, 4.69) is 10.3 Å². The molecule has 8 nitrogen and oxygen atoms in total. The molecule has 1 heterocycles. The van der Waals surface area contributed by atoms with Crippen molar-refractivity contribution in [1.29, 1.82) is 0 Å². The number of pyridine rings is 1. The summed E-state index contributed by atoms with van der Waals surface area (Å²) in [5.74, 6) is -2.57. The van der Waals surface area contributed by atoms with E-state index in [4.69, 9.17) is 16.3 Å². The van der Waals surface area contributed by atoms with Gasteiger partial charge in [-0.3, -0.25) is 14.9 Å². The van der Waals surface area contributed by atoms with E-state index in [1.54, 1.807) is 0 Å². The van der Waals surface area contributed by atoms with Crippen LogP contribution in [-0.4, -0.2) is 28.4 Å². The van der Waals surface area contributed by atoms with Gasteiger partial charge >= 0.3 is 11.7 Å². The molecule has 0 saturated heterocycles. The van der Waals surface area contributed by atoms with Crippen molar-refractivity contribution < 1.29 is 23.6 Å². The van der Waals surface area contributed by atoms with E-state index in [0.29, 0.717) is 0 Å². The van der Waals surface area contributed by atoms with Crippen LogP contribution in [0, 0.1) is 15.9 Å². The van der Waals surface area contributed by atoms with Crippen LogP contribution < -0.4 is 5.32 Å². The number of ether oxygens (including phenoxy) is 1. The molecule has 24 heavy (non-hydrogen) atoms. The van der Waals surface area contributed by atoms with Gasteiger partial charge in [-0.15, -0.1) is 0 Å². The first-order valence-corrected chi connectivity index (χ1v) is 6.77. The second kappa shape index (κ2) is 7.47. The largest absolute Gasteiger partial charge is 0.452 e. The Bertz CT molecular complexity index is 815. The summed E-state index contributed by atoms with van der Waals surface area (Å²) in [6, 6.07) is 5.47. The van der Waals surface area contributed by atoms with Gasteiger partial charge in [-0.25, -0.2) is 9.78 Å². The van der Waals surface area contributed by atoms with Crippen molar-refractivity contribution in [3.63, 3.8) is 0 Å². The van der Waals surface area contributed by atoms with Crippen LogP contribution in [0.25, 0.3) is 0 Å². The Kier molecular flexibility index (Phi) is 5.38. The van der Waals surface area contributed by atoms with Crippen LogP contribution in [0.1, 0.15) is 10.4 Å². The van der Waals surface area contributed by atoms with E-state index in [9.17, 15) is 24.1 Å². The predicted octanol–water partition coefficient (Wildman–Crippen LogP) is 2.58. The third kappa shape index (κ3) is 4.46. The Morgan fingerprint density at radius 1 is 1.33 bits per heavy atom. The molecule has 0 bridgehead atoms. The fraction of sp³-hybridized carbons (Fsp3) is 0.0714. The van der Waals surface area contributed by atoms with Crippen molar-refractivity contribution >= 4 is 34.9 Å². The Morgan fingerprint density at radius 3 is 2.75 bits per heavy atom. The second-order valence-corrected chi connectivity index (χ2v) is 4.80. The van der Waals surface area contributed by atoms with Gasteiger partial charge in [0.1, 0.15) is 5.15 Å². The van der Waals surface area contributed by atoms with Gasteiger partial charge in [-0.1, -0.05) is 11.6 Å². The van der Waals surface area contributed by atoms with Crippen molar-refractivity contribution in [3.8, 4) is 0 Å². The number of hydrogen-bond acceptors (Lipinski definition) is 6. The molecule has 0 spiro atoms. The summed E-state index contributed by atoms with van der Waals surface area (Å²) < 4.78 is 18.0. The average molecular weight is 354 g/mol. The van der Waals surface area contributed by atoms with Gasteiger partial charge < -0.3 is 10.1 Å². The number of nitrogens with zero attached hydrogens (tertiary/aromatic N) is 2. The number of carbonyl (C=O) groups is 2. The monoisotopic (exact) mass is 353 g/mol. The van der Waals surface area contributed by atoms with Crippen LogP contribution in [0.2, 0.25) is 5.15 Å². The number of nitro groups is 1. The highest BCUT2D eigenvalue weighted by atomic mass is 35.5. The minimum atomic E-state index is -1.03. The van der Waals surface area contributed by atoms with E-state index < -0.39 is 34.9 Å². The van der Waals surface area contributed by atoms with Gasteiger partial charge in [0.15, 0.2) is 6.61 Å². The fourth-order valence-electron chi connectivity index (χ4n) is 1.67. The van der Waals surface area contributed by atoms with Gasteiger partial charge in [0.05, 0.1) is 10.5 Å². The van der Waals surface area contributed by atoms with Gasteiger partial charge in [0.2, 0.25) is 5.82 Å². The van der Waals surface area contributed by atoms with Crippen molar-refractivity contribution in [2.75, 3.05) is 11.9 Å². The van der Waals surface area contributed by atoms with Crippen LogP contribution in [0.4, 0.5) is 15.8 Å². The SMILES string of the molecule is O=C(COC(=O)c1ccnc(Cl)c1)Nc1ccc(F)c([N+](=O)[O-])c1. The van der Waals surface area contributed by atoms with E-state index >= 15 is 0 Å². The number of amides is 1. The summed E-state index contributed by atoms with van der Waals surface area (Å²) in [6.07, 6.45) is 1.30. The summed E-state index contributed by atoms with van der Waals surface area (Å²) in [7, 11) is 0. The number of nitrogens with one attached hydrogen (secondary N) is 1. The van der Waals surface area contributed by atoms with Crippen molar-refractivity contribution in [2.24, 2.45) is 0 Å². The average Bonchev–Trinajstić information content (AvgIpc) is 2.54. The standard InChI is InChI=1S/C14H9ClFN3O5/c15-12-5-8(3-4-17-12)14(21)24-7-13(20)18-9-1-2-10(16)11(6-9)19(22)23/h1-6H,7H2,(H,18,20). The third-order valence-corrected chi connectivity index (χ3v) is 2.93. The van der Waals surface area contributed by atoms with E-state index in [0.717, 1.165) is 18.2 Å². The maximum absolute atomic E-state index is 13.2. The van der Waals surface area contributed by atoms with E-state index in [1.807, 2.05) is 0 Å². The minimum absolute atomic E-state index is 0.00361. The normalized spacial score (nSPS) is 10.1. The molecule has 124 valence electrons. The lowest BCUT2D eigenvalue weighted by molar-refractivity contribution is -0.387. The molecule has 0 aliphatic carbocycles. The molecular formula is C14H9ClFN3O5. The van der Waals surface area contributed by atoms with Crippen molar-refractivity contribution in [3.05, 3.63) is 63.2 Å². The number of benzene rings is 1. The molecule has 0 atom stereocenters. The number of esters is 1. The van der Waals surface area contributed by atoms with Crippen LogP contribution in [0.3, 0.4) is 0 Å². The van der Waals surface area contributed by atoms with Gasteiger partial charge in [-0.05, 0) is 24.3 Å². The summed E-state index contributed by atoms with van der Waals surface area (Å²) >= 11 is 5.63. The summed E-state index contributed by atoms with van der Waals surface area (Å²) in [5.41, 5.74) is -0.674. The molecule has 0 radical (unpaired) electrons. The molecule has 0 aliphatic heterocycles. The summed E-state index contributed by atoms with van der Waals surface area (Å²) in [4.78, 5) is 36.8. The van der Waals surface area contributed by atoms with Crippen LogP contribution in [0.5, 0.6) is 0 Å². The Morgan fingerprint density at radius 2 is 2.08 bits per heavy atom. The Labute approximate surface area is 139 Å². The second-order valence-electron chi connectivity index (χ2n) is 4.41. The van der Waals surface area contributed by atoms with Crippen LogP contribution in [0.15, 0.2) is 36.5 Å². The molecule has 1 aromatic heterocycles. The molecule has 0 unspecified atom stereocenters. The number of halogens is 2. The molecular weight excluding hydrogens is 345 g/mol. The molecule has 10 heteroatoms. The van der Waals surface area contributed by atoms with Gasteiger partial charge in [0.25, 0.3) is 5.91 Å². The summed E-state index contributed by atoms with van der Waals surface area (Å²) in [5, 5.41) is 13.0. The molecule has 1 N–H and O–H groups in total. The molecule has 0 saturated carbocycles. The topological polar surface area (TPSA) is 111 Å². The molecule has 2 aromatic rings. The van der Waals surface area contributed by atoms with Gasteiger partial charge in [0, 0.05) is 18.0 Å². The third-order valence-electron chi connectivity index (χ3n) is 2.72. The first kappa shape index (κ1) is 17.3. The number of rotatable bonds is 5. The van der Waals surface area contributed by atoms with E-state index in [1.165, 1.54) is 18.3 Å². The van der Waals surface area contributed by atoms with Crippen molar-refractivity contribution in [2.45, 2.75) is 0 Å². The highest BCUT2D eigenvalue weighted by molar-refractivity contribution is 6.29. The smallest absolute Gasteiger partial charge is 0.338 e. The van der Waals surface area contributed by atoms with Crippen LogP contribution >= 0.6 is 11.6 Å². The quantitative estimate of drug-likeness (QED) is 0.382. The zero-order chi connectivity index (χ0) is 17.7. The number of hydrogen-bond donors (Lipinski definition) is 1. The first-order chi connectivity index (χ1) is 11.4. The lowest BCUT2D eigenvalue weighted by Crippen LogP contribution is -2.21. The number of aromatic nitrogens is 1. The molecule has 0 aliphatic rings. The Hall–Kier alpha value is -3.07. The maximum Gasteiger partial charge on any atom is 0.338 e. The molecule has 0 fully saturated rings. The fourth-order valence-corrected chi connectivity index (χ4v) is 1.85. The maximum atomic E-state index is 13.2. The van der Waals surface area contributed by atoms with Crippen LogP contribution in [-0.2, 0) is 9.53 Å². The zero-order valence-electron chi connectivity index (χ0n) is 11.9. The highest BCUT2D eigenvalue weighted by Gasteiger charge is 2.16. The first-order valence-electron chi connectivity index (χ1n) is 6.39. The predicted molar refractivity (Wildman–Crippen MR) is 81.2 cm³/mol. The number of anilines is 1. The summed E-state index contributed by atoms with van der Waals surface area (Å²) in [6.45, 7) is -0.635.